The molecule has 2 aromatic carbocycles. The molecule has 0 saturated heterocycles. The Morgan fingerprint density at radius 1 is 1.00 bits per heavy atom. The summed E-state index contributed by atoms with van der Waals surface area (Å²) in [6.07, 6.45) is 0.192. The number of nitrogens with two attached hydrogens (primary N) is 1. The summed E-state index contributed by atoms with van der Waals surface area (Å²) in [5.41, 5.74) is 7.86. The van der Waals surface area contributed by atoms with Crippen molar-refractivity contribution in [2.45, 2.75) is 32.6 Å². The molecule has 0 aliphatic rings. The maximum absolute atomic E-state index is 12.2. The molecule has 29 heavy (non-hydrogen) atoms. The lowest BCUT2D eigenvalue weighted by Crippen LogP contribution is -2.27. The smallest absolute Gasteiger partial charge is 0.251 e. The van der Waals surface area contributed by atoms with Gasteiger partial charge in [-0.15, -0.1) is 12.4 Å². The van der Waals surface area contributed by atoms with Crippen LogP contribution >= 0.6 is 12.4 Å². The van der Waals surface area contributed by atoms with Crippen molar-refractivity contribution in [1.82, 2.24) is 5.32 Å². The monoisotopic (exact) mass is 419 g/mol. The van der Waals surface area contributed by atoms with Gasteiger partial charge in [-0.05, 0) is 47.4 Å². The molecule has 0 fully saturated rings. The Hall–Kier alpha value is -2.57. The van der Waals surface area contributed by atoms with E-state index in [9.17, 15) is 9.59 Å². The summed E-state index contributed by atoms with van der Waals surface area (Å²) in [5.74, 6) is 0.349. The van der Waals surface area contributed by atoms with E-state index in [1.165, 1.54) is 5.56 Å². The molecule has 0 aliphatic heterocycles. The second kappa shape index (κ2) is 11.4. The van der Waals surface area contributed by atoms with Crippen LogP contribution in [0.25, 0.3) is 0 Å². The van der Waals surface area contributed by atoms with Gasteiger partial charge in [0.05, 0.1) is 0 Å². The zero-order valence-corrected chi connectivity index (χ0v) is 18.0. The molecule has 0 radical (unpaired) electrons. The number of carbonyl (C=O) groups is 2. The van der Waals surface area contributed by atoms with E-state index < -0.39 is 0 Å². The van der Waals surface area contributed by atoms with Crippen molar-refractivity contribution >= 4 is 29.9 Å². The van der Waals surface area contributed by atoms with Crippen LogP contribution in [0.15, 0.2) is 48.5 Å². The first-order valence-electron chi connectivity index (χ1n) is 9.41. The van der Waals surface area contributed by atoms with Crippen molar-refractivity contribution in [3.8, 4) is 5.75 Å². The summed E-state index contributed by atoms with van der Waals surface area (Å²) < 4.78 is 5.39. The minimum atomic E-state index is -0.185. The quantitative estimate of drug-likeness (QED) is 0.610. The van der Waals surface area contributed by atoms with Crippen molar-refractivity contribution in [2.24, 2.45) is 5.73 Å². The number of hydrogen-bond donors (Lipinski definition) is 3. The number of rotatable bonds is 8. The number of anilines is 1. The maximum Gasteiger partial charge on any atom is 0.251 e. The van der Waals surface area contributed by atoms with E-state index in [0.717, 1.165) is 0 Å². The highest BCUT2D eigenvalue weighted by Crippen LogP contribution is 2.22. The number of ether oxygens (including phenoxy) is 1. The van der Waals surface area contributed by atoms with Crippen molar-refractivity contribution in [3.63, 3.8) is 0 Å². The molecule has 0 aliphatic carbocycles. The van der Waals surface area contributed by atoms with Gasteiger partial charge in [-0.1, -0.05) is 32.9 Å². The zero-order valence-electron chi connectivity index (χ0n) is 17.2. The van der Waals surface area contributed by atoms with Gasteiger partial charge in [0.2, 0.25) is 5.91 Å². The third-order valence-corrected chi connectivity index (χ3v) is 4.18. The molecule has 2 amide bonds. The molecule has 158 valence electrons. The van der Waals surface area contributed by atoms with Gasteiger partial charge in [0.25, 0.3) is 5.91 Å². The SMILES string of the molecule is CC(C)(C)c1ccc(C(=O)NCCC(=O)Nc2ccc(OCCN)cc2)cc1.Cl. The standard InChI is InChI=1S/C22H29N3O3.ClH/c1-22(2,3)17-6-4-16(5-7-17)21(27)24-14-12-20(26)25-18-8-10-19(11-9-18)28-15-13-23;/h4-11H,12-15,23H2,1-3H3,(H,24,27)(H,25,26);1H. The summed E-state index contributed by atoms with van der Waals surface area (Å²) in [5, 5.41) is 5.57. The van der Waals surface area contributed by atoms with Gasteiger partial charge in [0, 0.05) is 30.8 Å². The average molecular weight is 420 g/mol. The second-order valence-corrected chi connectivity index (χ2v) is 7.54. The summed E-state index contributed by atoms with van der Waals surface area (Å²) in [6, 6.07) is 14.6. The molecule has 0 aromatic heterocycles. The Morgan fingerprint density at radius 2 is 1.62 bits per heavy atom. The lowest BCUT2D eigenvalue weighted by Gasteiger charge is -2.19. The van der Waals surface area contributed by atoms with Crippen molar-refractivity contribution in [3.05, 3.63) is 59.7 Å². The van der Waals surface area contributed by atoms with Crippen LogP contribution in [0.3, 0.4) is 0 Å². The predicted octanol–water partition coefficient (Wildman–Crippen LogP) is 3.50. The third-order valence-electron chi connectivity index (χ3n) is 4.18. The molecule has 2 aromatic rings. The Labute approximate surface area is 178 Å². The summed E-state index contributed by atoms with van der Waals surface area (Å²) >= 11 is 0. The molecule has 0 bridgehead atoms. The normalized spacial score (nSPS) is 10.6. The molecule has 0 saturated carbocycles. The molecular formula is C22H30ClN3O3. The lowest BCUT2D eigenvalue weighted by atomic mass is 9.87. The summed E-state index contributed by atoms with van der Waals surface area (Å²) in [6.45, 7) is 7.54. The third kappa shape index (κ3) is 8.13. The van der Waals surface area contributed by atoms with Crippen molar-refractivity contribution < 1.29 is 14.3 Å². The molecule has 0 spiro atoms. The van der Waals surface area contributed by atoms with E-state index in [1.807, 2.05) is 24.3 Å². The molecule has 6 nitrogen and oxygen atoms in total. The highest BCUT2D eigenvalue weighted by molar-refractivity contribution is 5.95. The molecular weight excluding hydrogens is 390 g/mol. The number of halogens is 1. The van der Waals surface area contributed by atoms with Crippen LogP contribution < -0.4 is 21.1 Å². The van der Waals surface area contributed by atoms with E-state index in [1.54, 1.807) is 24.3 Å². The number of hydrogen-bond acceptors (Lipinski definition) is 4. The Kier molecular flexibility index (Phi) is 9.65. The van der Waals surface area contributed by atoms with Crippen LogP contribution in [0.2, 0.25) is 0 Å². The highest BCUT2D eigenvalue weighted by Gasteiger charge is 2.14. The van der Waals surface area contributed by atoms with E-state index in [4.69, 9.17) is 10.5 Å². The van der Waals surface area contributed by atoms with Crippen LogP contribution in [0, 0.1) is 0 Å². The van der Waals surface area contributed by atoms with Crippen molar-refractivity contribution in [1.29, 1.82) is 0 Å². The van der Waals surface area contributed by atoms with Gasteiger partial charge < -0.3 is 21.1 Å². The molecule has 4 N–H and O–H groups in total. The molecule has 0 heterocycles. The topological polar surface area (TPSA) is 93.5 Å². The van der Waals surface area contributed by atoms with Gasteiger partial charge in [-0.3, -0.25) is 9.59 Å². The van der Waals surface area contributed by atoms with Crippen LogP contribution in [-0.2, 0) is 10.2 Å². The fourth-order valence-electron chi connectivity index (χ4n) is 2.55. The van der Waals surface area contributed by atoms with Crippen LogP contribution in [-0.4, -0.2) is 31.5 Å². The van der Waals surface area contributed by atoms with Crippen LogP contribution in [0.1, 0.15) is 43.1 Å². The van der Waals surface area contributed by atoms with E-state index >= 15 is 0 Å². The maximum atomic E-state index is 12.2. The highest BCUT2D eigenvalue weighted by atomic mass is 35.5. The van der Waals surface area contributed by atoms with Crippen LogP contribution in [0.5, 0.6) is 5.75 Å². The average Bonchev–Trinajstić information content (AvgIpc) is 2.67. The largest absolute Gasteiger partial charge is 0.492 e. The van der Waals surface area contributed by atoms with E-state index in [0.29, 0.717) is 30.2 Å². The zero-order chi connectivity index (χ0) is 20.6. The molecule has 7 heteroatoms. The number of amides is 2. The minimum Gasteiger partial charge on any atom is -0.492 e. The van der Waals surface area contributed by atoms with Gasteiger partial charge >= 0.3 is 0 Å². The number of nitrogens with one attached hydrogen (secondary N) is 2. The number of carbonyl (C=O) groups excluding carboxylic acids is 2. The fourth-order valence-corrected chi connectivity index (χ4v) is 2.55. The predicted molar refractivity (Wildman–Crippen MR) is 119 cm³/mol. The second-order valence-electron chi connectivity index (χ2n) is 7.54. The van der Waals surface area contributed by atoms with Gasteiger partial charge in [0.1, 0.15) is 12.4 Å². The van der Waals surface area contributed by atoms with Gasteiger partial charge in [0.15, 0.2) is 0 Å². The van der Waals surface area contributed by atoms with Crippen molar-refractivity contribution in [2.75, 3.05) is 25.0 Å². The number of benzene rings is 2. The Morgan fingerprint density at radius 3 is 2.17 bits per heavy atom. The summed E-state index contributed by atoms with van der Waals surface area (Å²) in [4.78, 5) is 24.2. The van der Waals surface area contributed by atoms with E-state index in [2.05, 4.69) is 31.4 Å². The molecule has 2 rings (SSSR count). The Balaban J connectivity index is 0.00000420. The van der Waals surface area contributed by atoms with Crippen LogP contribution in [0.4, 0.5) is 5.69 Å². The molecule has 0 atom stereocenters. The van der Waals surface area contributed by atoms with Gasteiger partial charge in [-0.2, -0.15) is 0 Å². The first kappa shape index (κ1) is 24.5. The fraction of sp³-hybridized carbons (Fsp3) is 0.364. The summed E-state index contributed by atoms with van der Waals surface area (Å²) in [7, 11) is 0. The minimum absolute atomic E-state index is 0. The molecule has 0 unspecified atom stereocenters. The first-order chi connectivity index (χ1) is 13.3. The Bertz CT molecular complexity index is 784. The first-order valence-corrected chi connectivity index (χ1v) is 9.41. The van der Waals surface area contributed by atoms with Gasteiger partial charge in [-0.25, -0.2) is 0 Å². The van der Waals surface area contributed by atoms with E-state index in [-0.39, 0.29) is 42.6 Å². The lowest BCUT2D eigenvalue weighted by molar-refractivity contribution is -0.116.